The maximum absolute atomic E-state index is 11.1. The van der Waals surface area contributed by atoms with Gasteiger partial charge in [0.05, 0.1) is 67.6 Å². The molecule has 0 aliphatic carbocycles. The molecule has 530 valence electrons. The van der Waals surface area contributed by atoms with Crippen molar-refractivity contribution in [3.63, 3.8) is 0 Å². The zero-order valence-electron chi connectivity index (χ0n) is 63.3. The molecule has 1 aromatic rings. The lowest BCUT2D eigenvalue weighted by atomic mass is 9.79. The number of aliphatic hydroxyl groups is 1. The summed E-state index contributed by atoms with van der Waals surface area (Å²) in [5, 5.41) is 11.1. The maximum Gasteiger partial charge on any atom is 0.201 e. The van der Waals surface area contributed by atoms with E-state index in [1.165, 1.54) is 5.57 Å². The summed E-state index contributed by atoms with van der Waals surface area (Å²) in [6.45, 7) is 64.9. The molecular weight excluding hydrogens is 1250 g/mol. The number of benzene rings is 1. The van der Waals surface area contributed by atoms with Crippen LogP contribution in [0.2, 0.25) is 86.1 Å². The molecule has 2 fully saturated rings. The number of ether oxygens (including phenoxy) is 9. The first-order valence-electron chi connectivity index (χ1n) is 34.9. The van der Waals surface area contributed by atoms with Gasteiger partial charge in [-0.3, -0.25) is 0 Å². The van der Waals surface area contributed by atoms with E-state index in [1.54, 1.807) is 14.2 Å². The Morgan fingerprint density at radius 1 is 0.714 bits per heavy atom. The fraction of sp³-hybridized carbons (Fsp3) is 0.836. The average molecular weight is 1380 g/mol. The highest BCUT2D eigenvalue weighted by atomic mass is 32.2. The Balaban J connectivity index is 2.37. The van der Waals surface area contributed by atoms with E-state index in [9.17, 15) is 5.11 Å². The molecule has 0 saturated carbocycles. The Bertz CT molecular complexity index is 2280. The molecule has 3 rings (SSSR count). The van der Waals surface area contributed by atoms with Gasteiger partial charge in [0.15, 0.2) is 14.1 Å². The molecule has 18 heteroatoms. The van der Waals surface area contributed by atoms with Crippen molar-refractivity contribution in [1.82, 2.24) is 0 Å². The van der Waals surface area contributed by atoms with Crippen LogP contribution in [-0.2, 0) is 53.4 Å². The lowest BCUT2D eigenvalue weighted by molar-refractivity contribution is -0.317. The lowest BCUT2D eigenvalue weighted by Crippen LogP contribution is -2.57. The molecule has 1 N–H and O–H groups in total. The van der Waals surface area contributed by atoms with Crippen LogP contribution in [0.5, 0.6) is 5.75 Å². The highest BCUT2D eigenvalue weighted by Crippen LogP contribution is 2.55. The van der Waals surface area contributed by atoms with Crippen LogP contribution in [0, 0.1) is 35.5 Å². The van der Waals surface area contributed by atoms with Crippen LogP contribution in [0.1, 0.15) is 150 Å². The molecule has 13 atom stereocenters. The standard InChI is InChI=1S/C73H138O12S2Si4/c1-30-32-54(8)43-55(9)67(81-50-78-38-42-89(25,26)27)63-48-82-72(18,19)83-69(63)58(12)64(84-90(28,29)71(15,16)17)45-73(86-39-31-40-87-73)57(11)44-56(10)66(85-91(51(2)3,52(4)5)53(6)7)59(13)68(79-47-61-33-35-62(75-20)36-34-61)60(14)70(76-21)65(46-74)80-49-77-37-41-88(22,23)24/h30,32-36,43-44,51-54,57-60,63-70,74H,31,37-42,45-50H2,1-29H3/b32-30-,55-43+,56-44+/t54-,57-,58+,59+,60+,63+,64-,65-,66-,67+,68-,69-,70-/m0/s1. The summed E-state index contributed by atoms with van der Waals surface area (Å²) in [6.07, 6.45) is 8.61. The van der Waals surface area contributed by atoms with Crippen LogP contribution >= 0.6 is 23.5 Å². The van der Waals surface area contributed by atoms with Gasteiger partial charge in [-0.15, -0.1) is 23.5 Å². The first kappa shape index (κ1) is 84.6. The molecule has 2 aliphatic rings. The number of hydrogen-bond donors (Lipinski definition) is 1. The number of rotatable bonds is 41. The lowest BCUT2D eigenvalue weighted by Gasteiger charge is -2.51. The zero-order valence-corrected chi connectivity index (χ0v) is 68.9. The molecule has 0 spiro atoms. The number of hydrogen-bond acceptors (Lipinski definition) is 14. The smallest absolute Gasteiger partial charge is 0.201 e. The predicted octanol–water partition coefficient (Wildman–Crippen LogP) is 19.3. The molecule has 0 radical (unpaired) electrons. The minimum atomic E-state index is -2.58. The average Bonchev–Trinajstić information content (AvgIpc) is 0.786. The van der Waals surface area contributed by atoms with Gasteiger partial charge >= 0.3 is 0 Å². The third-order valence-corrected chi connectivity index (χ3v) is 37.7. The van der Waals surface area contributed by atoms with Crippen LogP contribution < -0.4 is 4.74 Å². The van der Waals surface area contributed by atoms with Crippen LogP contribution in [0.3, 0.4) is 0 Å². The zero-order chi connectivity index (χ0) is 69.1. The van der Waals surface area contributed by atoms with Crippen molar-refractivity contribution >= 4 is 56.3 Å². The second-order valence-corrected chi connectivity index (χ2v) is 56.9. The topological polar surface area (TPSA) is 122 Å². The third-order valence-electron chi connectivity index (χ3n) is 20.0. The Labute approximate surface area is 571 Å². The van der Waals surface area contributed by atoms with Gasteiger partial charge in [-0.1, -0.05) is 173 Å². The second-order valence-electron chi connectivity index (χ2n) is 32.3. The normalized spacial score (nSPS) is 22.2. The van der Waals surface area contributed by atoms with Gasteiger partial charge in [-0.05, 0) is 146 Å². The van der Waals surface area contributed by atoms with E-state index in [1.807, 2.05) is 12.1 Å². The Kier molecular flexibility index (Phi) is 35.4. The molecule has 0 aromatic heterocycles. The van der Waals surface area contributed by atoms with Gasteiger partial charge in [0.2, 0.25) is 8.32 Å². The van der Waals surface area contributed by atoms with Crippen LogP contribution in [0.4, 0.5) is 0 Å². The number of thioether (sulfide) groups is 2. The maximum atomic E-state index is 11.1. The second kappa shape index (κ2) is 38.1. The van der Waals surface area contributed by atoms with Gasteiger partial charge in [0.25, 0.3) is 0 Å². The van der Waals surface area contributed by atoms with E-state index >= 15 is 0 Å². The van der Waals surface area contributed by atoms with Crippen molar-refractivity contribution in [2.45, 2.75) is 290 Å². The number of methoxy groups -OCH3 is 2. The summed E-state index contributed by atoms with van der Waals surface area (Å²) >= 11 is 4.25. The van der Waals surface area contributed by atoms with Crippen LogP contribution in [0.25, 0.3) is 0 Å². The molecule has 2 heterocycles. The quantitative estimate of drug-likeness (QED) is 0.0290. The predicted molar refractivity (Wildman–Crippen MR) is 399 cm³/mol. The van der Waals surface area contributed by atoms with E-state index in [4.69, 9.17) is 51.5 Å². The van der Waals surface area contributed by atoms with Crippen molar-refractivity contribution in [3.8, 4) is 5.75 Å². The van der Waals surface area contributed by atoms with Crippen molar-refractivity contribution in [2.75, 3.05) is 65.7 Å². The van der Waals surface area contributed by atoms with Crippen LogP contribution in [-0.4, -0.2) is 156 Å². The summed E-state index contributed by atoms with van der Waals surface area (Å²) < 4.78 is 75.1. The molecule has 1 aromatic carbocycles. The summed E-state index contributed by atoms with van der Waals surface area (Å²) in [4.78, 5) is 0. The number of aliphatic hydroxyl groups excluding tert-OH is 1. The molecular formula is C73H138O12S2Si4. The van der Waals surface area contributed by atoms with E-state index in [-0.39, 0.29) is 89.2 Å². The highest BCUT2D eigenvalue weighted by Gasteiger charge is 2.53. The van der Waals surface area contributed by atoms with Gasteiger partial charge in [0, 0.05) is 60.1 Å². The van der Waals surface area contributed by atoms with E-state index < -0.39 is 56.9 Å². The molecule has 0 bridgehead atoms. The summed E-state index contributed by atoms with van der Waals surface area (Å²) in [5.41, 5.74) is 4.40. The minimum absolute atomic E-state index is 0.0425. The Morgan fingerprint density at radius 2 is 1.26 bits per heavy atom. The first-order chi connectivity index (χ1) is 42.2. The van der Waals surface area contributed by atoms with Crippen molar-refractivity contribution in [1.29, 1.82) is 0 Å². The Hall–Kier alpha value is -0.632. The monoisotopic (exact) mass is 1380 g/mol. The molecule has 0 unspecified atom stereocenters. The fourth-order valence-corrected chi connectivity index (χ4v) is 25.7. The molecule has 2 saturated heterocycles. The largest absolute Gasteiger partial charge is 0.497 e. The molecule has 91 heavy (non-hydrogen) atoms. The summed E-state index contributed by atoms with van der Waals surface area (Å²) in [5.74, 6) is 1.80. The van der Waals surface area contributed by atoms with Gasteiger partial charge in [-0.2, -0.15) is 0 Å². The van der Waals surface area contributed by atoms with Gasteiger partial charge in [0.1, 0.15) is 25.4 Å². The first-order valence-corrected chi connectivity index (χ1v) is 49.3. The summed E-state index contributed by atoms with van der Waals surface area (Å²) in [7, 11) is -4.22. The van der Waals surface area contributed by atoms with Crippen molar-refractivity contribution < 1.29 is 56.6 Å². The van der Waals surface area contributed by atoms with E-state index in [0.717, 1.165) is 53.3 Å². The Morgan fingerprint density at radius 3 is 1.75 bits per heavy atom. The molecule has 12 nitrogen and oxygen atoms in total. The van der Waals surface area contributed by atoms with Crippen molar-refractivity contribution in [3.05, 3.63) is 65.3 Å². The third kappa shape index (κ3) is 25.9. The minimum Gasteiger partial charge on any atom is -0.497 e. The SMILES string of the molecule is C/C=C\[C@H](C)/C=C(\C)[C@@H](OCOCC[Si](C)(C)C)[C@H]1COC(C)(C)O[C@H]1[C@H](C)[C@H](CC1([C@@H](C)/C=C(\C)[C@H](O[Si](C(C)C)(C(C)C)C(C)C)[C@@H](C)[C@H](OCc2ccc(OC)cc2)[C@@H](C)[C@H](OC)[C@H](CO)OCOCC[Si](C)(C)C)SCCCS1)O[Si](C)(C)C(C)(C)C. The van der Waals surface area contributed by atoms with E-state index in [2.05, 4.69) is 244 Å². The fourth-order valence-electron chi connectivity index (χ4n) is 13.6. The van der Waals surface area contributed by atoms with Gasteiger partial charge in [-0.25, -0.2) is 0 Å². The molecule has 2 aliphatic heterocycles. The number of allylic oxidation sites excluding steroid dienone is 4. The highest BCUT2D eigenvalue weighted by molar-refractivity contribution is 8.18. The molecule has 0 amide bonds. The van der Waals surface area contributed by atoms with Gasteiger partial charge < -0.3 is 56.6 Å². The summed E-state index contributed by atoms with van der Waals surface area (Å²) in [6, 6.07) is 10.2. The van der Waals surface area contributed by atoms with Crippen molar-refractivity contribution in [2.24, 2.45) is 35.5 Å². The van der Waals surface area contributed by atoms with E-state index in [0.29, 0.717) is 43.1 Å². The van der Waals surface area contributed by atoms with Crippen LogP contribution in [0.15, 0.2) is 59.7 Å².